The molecule has 3 aliphatic rings. The number of phenols is 2. The molecule has 0 amide bonds. The number of ketones is 1. The third-order valence-electron chi connectivity index (χ3n) is 6.70. The second kappa shape index (κ2) is 8.19. The Kier molecular flexibility index (Phi) is 5.47. The minimum atomic E-state index is -0.728. The normalized spacial score (nSPS) is 20.3. The zero-order chi connectivity index (χ0) is 26.0. The van der Waals surface area contributed by atoms with Crippen LogP contribution in [-0.2, 0) is 6.42 Å². The molecule has 2 aromatic rings. The van der Waals surface area contributed by atoms with Crippen LogP contribution in [-0.4, -0.2) is 27.2 Å². The second-order valence-electron chi connectivity index (χ2n) is 11.0. The highest BCUT2D eigenvalue weighted by molar-refractivity contribution is 6.05. The van der Waals surface area contributed by atoms with E-state index < -0.39 is 17.3 Å². The van der Waals surface area contributed by atoms with Crippen molar-refractivity contribution in [2.24, 2.45) is 0 Å². The molecular formula is C30H32O6. The van der Waals surface area contributed by atoms with Crippen molar-refractivity contribution >= 4 is 17.9 Å². The van der Waals surface area contributed by atoms with Gasteiger partial charge in [0.05, 0.1) is 12.0 Å². The number of rotatable bonds is 3. The molecule has 6 heteroatoms. The maximum atomic E-state index is 13.4. The number of allylic oxidation sites excluding steroid dienone is 2. The number of ether oxygens (including phenoxy) is 3. The van der Waals surface area contributed by atoms with Crippen LogP contribution in [0.1, 0.15) is 86.7 Å². The van der Waals surface area contributed by atoms with Crippen LogP contribution in [0.3, 0.4) is 0 Å². The Morgan fingerprint density at radius 2 is 1.72 bits per heavy atom. The Morgan fingerprint density at radius 3 is 2.44 bits per heavy atom. The molecule has 0 radical (unpaired) electrons. The van der Waals surface area contributed by atoms with E-state index in [9.17, 15) is 15.0 Å². The van der Waals surface area contributed by atoms with Gasteiger partial charge in [-0.05, 0) is 72.3 Å². The second-order valence-corrected chi connectivity index (χ2v) is 11.0. The van der Waals surface area contributed by atoms with Crippen molar-refractivity contribution < 1.29 is 29.2 Å². The molecule has 0 aromatic heterocycles. The average Bonchev–Trinajstić information content (AvgIpc) is 2.76. The molecule has 2 aromatic carbocycles. The maximum Gasteiger partial charge on any atom is 0.174 e. The van der Waals surface area contributed by atoms with E-state index in [-0.39, 0.29) is 29.3 Å². The molecule has 0 fully saturated rings. The topological polar surface area (TPSA) is 85.2 Å². The van der Waals surface area contributed by atoms with Crippen molar-refractivity contribution in [3.8, 4) is 28.7 Å². The molecule has 0 unspecified atom stereocenters. The van der Waals surface area contributed by atoms with Crippen LogP contribution in [0.25, 0.3) is 12.2 Å². The van der Waals surface area contributed by atoms with E-state index in [1.807, 2.05) is 71.9 Å². The summed E-state index contributed by atoms with van der Waals surface area (Å²) in [6.45, 7) is 11.8. The van der Waals surface area contributed by atoms with Crippen LogP contribution >= 0.6 is 0 Å². The Balaban J connectivity index is 1.64. The number of phenolic OH excluding ortho intramolecular Hbond substituents is 2. The van der Waals surface area contributed by atoms with Crippen LogP contribution in [0.5, 0.6) is 28.7 Å². The third-order valence-corrected chi connectivity index (χ3v) is 6.70. The number of fused-ring (bicyclic) bond motifs is 3. The van der Waals surface area contributed by atoms with Gasteiger partial charge >= 0.3 is 0 Å². The van der Waals surface area contributed by atoms with Gasteiger partial charge in [-0.3, -0.25) is 4.79 Å². The van der Waals surface area contributed by atoms with E-state index in [1.165, 1.54) is 0 Å². The molecular weight excluding hydrogens is 456 g/mol. The van der Waals surface area contributed by atoms with Gasteiger partial charge in [0.2, 0.25) is 0 Å². The highest BCUT2D eigenvalue weighted by Gasteiger charge is 2.39. The summed E-state index contributed by atoms with van der Waals surface area (Å²) in [6, 6.07) is 3.37. The Hall–Kier alpha value is -3.67. The van der Waals surface area contributed by atoms with Crippen molar-refractivity contribution in [2.75, 3.05) is 0 Å². The highest BCUT2D eigenvalue weighted by Crippen LogP contribution is 2.52. The number of carbonyl (C=O) groups is 1. The molecule has 2 N–H and O–H groups in total. The Morgan fingerprint density at radius 1 is 1.03 bits per heavy atom. The van der Waals surface area contributed by atoms with Crippen LogP contribution in [0.4, 0.5) is 0 Å². The summed E-state index contributed by atoms with van der Waals surface area (Å²) in [5.74, 6) is 1.01. The Labute approximate surface area is 211 Å². The van der Waals surface area contributed by atoms with Gasteiger partial charge in [0.15, 0.2) is 5.78 Å². The predicted octanol–water partition coefficient (Wildman–Crippen LogP) is 6.68. The van der Waals surface area contributed by atoms with Crippen molar-refractivity contribution in [1.82, 2.24) is 0 Å². The van der Waals surface area contributed by atoms with Gasteiger partial charge in [-0.1, -0.05) is 17.7 Å². The summed E-state index contributed by atoms with van der Waals surface area (Å²) in [4.78, 5) is 13.4. The van der Waals surface area contributed by atoms with Gasteiger partial charge in [0.1, 0.15) is 51.6 Å². The molecule has 6 nitrogen and oxygen atoms in total. The molecule has 36 heavy (non-hydrogen) atoms. The maximum absolute atomic E-state index is 13.4. The van der Waals surface area contributed by atoms with E-state index in [1.54, 1.807) is 12.1 Å². The van der Waals surface area contributed by atoms with Crippen molar-refractivity contribution in [1.29, 1.82) is 0 Å². The first kappa shape index (κ1) is 24.0. The molecule has 0 saturated carbocycles. The van der Waals surface area contributed by atoms with Gasteiger partial charge < -0.3 is 24.4 Å². The van der Waals surface area contributed by atoms with Crippen LogP contribution in [0.2, 0.25) is 0 Å². The fraction of sp³-hybridized carbons (Fsp3) is 0.367. The average molecular weight is 489 g/mol. The first-order valence-corrected chi connectivity index (χ1v) is 12.2. The summed E-state index contributed by atoms with van der Waals surface area (Å²) in [6.07, 6.45) is 9.35. The summed E-state index contributed by atoms with van der Waals surface area (Å²) >= 11 is 0. The highest BCUT2D eigenvalue weighted by atomic mass is 16.5. The summed E-state index contributed by atoms with van der Waals surface area (Å²) in [5.41, 5.74) is 2.70. The molecule has 0 spiro atoms. The first-order chi connectivity index (χ1) is 16.8. The SMILES string of the molecule is CC(C)=CCc1c2c(c(O)c3c1O[C@@H](c1cc4c(cc1O)OC(C)(C)C=C4)CC3=O)C=CC(C)(C)O2. The van der Waals surface area contributed by atoms with Crippen LogP contribution in [0.15, 0.2) is 35.9 Å². The monoisotopic (exact) mass is 488 g/mol. The molecule has 5 rings (SSSR count). The quantitative estimate of drug-likeness (QED) is 0.469. The standard InChI is InChI=1S/C30H32O6/c1-16(2)7-8-19-27-18(10-12-30(5,6)36-27)26(33)25-22(32)15-24(34-28(19)25)20-13-17-9-11-29(3,4)35-23(17)14-21(20)31/h7,9-14,24,31,33H,8,15H2,1-6H3/t24-/m1/s1. The van der Waals surface area contributed by atoms with Gasteiger partial charge in [-0.25, -0.2) is 0 Å². The van der Waals surface area contributed by atoms with Crippen molar-refractivity contribution in [2.45, 2.75) is 71.7 Å². The summed E-state index contributed by atoms with van der Waals surface area (Å²) in [5, 5.41) is 22.0. The zero-order valence-electron chi connectivity index (χ0n) is 21.6. The molecule has 3 aliphatic heterocycles. The van der Waals surface area contributed by atoms with E-state index in [4.69, 9.17) is 14.2 Å². The predicted molar refractivity (Wildman–Crippen MR) is 139 cm³/mol. The largest absolute Gasteiger partial charge is 0.507 e. The molecule has 0 bridgehead atoms. The number of benzene rings is 2. The molecule has 3 heterocycles. The summed E-state index contributed by atoms with van der Waals surface area (Å²) < 4.78 is 18.7. The van der Waals surface area contributed by atoms with Crippen LogP contribution < -0.4 is 14.2 Å². The summed E-state index contributed by atoms with van der Waals surface area (Å²) in [7, 11) is 0. The lowest BCUT2D eigenvalue weighted by Gasteiger charge is -2.34. The molecule has 1 atom stereocenters. The lowest BCUT2D eigenvalue weighted by Crippen LogP contribution is -2.30. The number of hydrogen-bond donors (Lipinski definition) is 2. The van der Waals surface area contributed by atoms with Crippen LogP contribution in [0, 0.1) is 0 Å². The number of Topliss-reactive ketones (excluding diaryl/α,β-unsaturated/α-hetero) is 1. The fourth-order valence-electron chi connectivity index (χ4n) is 4.81. The van der Waals surface area contributed by atoms with Crippen molar-refractivity contribution in [3.63, 3.8) is 0 Å². The van der Waals surface area contributed by atoms with Gasteiger partial charge in [-0.15, -0.1) is 0 Å². The number of carbonyl (C=O) groups excluding carboxylic acids is 1. The minimum absolute atomic E-state index is 0.00514. The van der Waals surface area contributed by atoms with E-state index in [0.717, 1.165) is 11.1 Å². The zero-order valence-corrected chi connectivity index (χ0v) is 21.6. The number of hydrogen-bond acceptors (Lipinski definition) is 6. The smallest absolute Gasteiger partial charge is 0.174 e. The lowest BCUT2D eigenvalue weighted by molar-refractivity contribution is 0.0836. The lowest BCUT2D eigenvalue weighted by atomic mass is 9.87. The first-order valence-electron chi connectivity index (χ1n) is 12.2. The van der Waals surface area contributed by atoms with Crippen molar-refractivity contribution in [3.05, 3.63) is 63.8 Å². The molecule has 0 aliphatic carbocycles. The van der Waals surface area contributed by atoms with E-state index in [2.05, 4.69) is 0 Å². The van der Waals surface area contributed by atoms with Gasteiger partial charge in [0.25, 0.3) is 0 Å². The van der Waals surface area contributed by atoms with E-state index in [0.29, 0.717) is 40.4 Å². The van der Waals surface area contributed by atoms with Gasteiger partial charge in [-0.2, -0.15) is 0 Å². The van der Waals surface area contributed by atoms with Gasteiger partial charge in [0, 0.05) is 22.8 Å². The van der Waals surface area contributed by atoms with E-state index >= 15 is 0 Å². The molecule has 188 valence electrons. The minimum Gasteiger partial charge on any atom is -0.507 e. The Bertz CT molecular complexity index is 1370. The third kappa shape index (κ3) is 4.15. The fourth-order valence-corrected chi connectivity index (χ4v) is 4.81. The molecule has 0 saturated heterocycles. The number of aromatic hydroxyl groups is 2.